The number of hydrogen-bond donors (Lipinski definition) is 1. The summed E-state index contributed by atoms with van der Waals surface area (Å²) in [5, 5.41) is 3.04. The Hall–Kier alpha value is -1.82. The third-order valence-electron chi connectivity index (χ3n) is 7.36. The Morgan fingerprint density at radius 1 is 1.26 bits per heavy atom. The number of nitrogens with zero attached hydrogens (tertiary/aromatic N) is 1. The number of nitrogens with one attached hydrogen (secondary N) is 1. The Bertz CT molecular complexity index is 712. The highest BCUT2D eigenvalue weighted by Gasteiger charge is 2.63. The van der Waals surface area contributed by atoms with Gasteiger partial charge in [0.2, 0.25) is 5.91 Å². The van der Waals surface area contributed by atoms with Crippen molar-refractivity contribution in [3.05, 3.63) is 24.2 Å². The first-order chi connectivity index (χ1) is 13.1. The van der Waals surface area contributed by atoms with E-state index in [-0.39, 0.29) is 17.6 Å². The molecule has 3 aliphatic heterocycles. The topological polar surface area (TPSA) is 71.8 Å². The van der Waals surface area contributed by atoms with Gasteiger partial charge >= 0.3 is 0 Å². The molecular formula is C21H28N2O4. The number of fused-ring (bicyclic) bond motifs is 1. The summed E-state index contributed by atoms with van der Waals surface area (Å²) in [7, 11) is 0. The van der Waals surface area contributed by atoms with E-state index in [1.54, 1.807) is 6.07 Å². The van der Waals surface area contributed by atoms with Crippen LogP contribution in [0.5, 0.6) is 0 Å². The molecule has 0 unspecified atom stereocenters. The second kappa shape index (κ2) is 6.66. The Balaban J connectivity index is 1.22. The van der Waals surface area contributed by atoms with Gasteiger partial charge in [0.25, 0.3) is 5.91 Å². The molecule has 6 heteroatoms. The van der Waals surface area contributed by atoms with E-state index in [0.717, 1.165) is 25.9 Å². The smallest absolute Gasteiger partial charge is 0.254 e. The highest BCUT2D eigenvalue weighted by molar-refractivity contribution is 5.93. The minimum atomic E-state index is -0.166. The molecule has 27 heavy (non-hydrogen) atoms. The molecule has 4 aliphatic rings. The van der Waals surface area contributed by atoms with Crippen molar-refractivity contribution in [2.75, 3.05) is 19.6 Å². The minimum Gasteiger partial charge on any atom is -0.472 e. The molecular weight excluding hydrogens is 344 g/mol. The van der Waals surface area contributed by atoms with Crippen LogP contribution < -0.4 is 5.32 Å². The van der Waals surface area contributed by atoms with Gasteiger partial charge in [-0.05, 0) is 37.7 Å². The van der Waals surface area contributed by atoms with Gasteiger partial charge in [-0.2, -0.15) is 0 Å². The molecule has 4 heterocycles. The van der Waals surface area contributed by atoms with Crippen molar-refractivity contribution in [3.63, 3.8) is 0 Å². The summed E-state index contributed by atoms with van der Waals surface area (Å²) in [6.07, 6.45) is 10.9. The maximum atomic E-state index is 12.8. The van der Waals surface area contributed by atoms with Crippen LogP contribution in [-0.4, -0.2) is 48.1 Å². The van der Waals surface area contributed by atoms with Gasteiger partial charge in [0, 0.05) is 31.3 Å². The molecule has 2 bridgehead atoms. The van der Waals surface area contributed by atoms with Crippen LogP contribution in [0, 0.1) is 17.8 Å². The first-order valence-electron chi connectivity index (χ1n) is 10.4. The molecule has 4 fully saturated rings. The summed E-state index contributed by atoms with van der Waals surface area (Å²) < 4.78 is 11.4. The van der Waals surface area contributed by atoms with Crippen molar-refractivity contribution in [2.45, 2.75) is 56.7 Å². The third kappa shape index (κ3) is 2.98. The standard InChI is InChI=1S/C21H28N2O4/c24-19(9-14-3-1-2-4-14)23-11-17-16(18-5-7-21(17,13-23)27-18)10-22-20(25)15-6-8-26-12-15/h6,8,12,14,16-18H,1-5,7,9-11,13H2,(H,22,25)/t16-,17+,18+,21+/m0/s1. The summed E-state index contributed by atoms with van der Waals surface area (Å²) in [5.41, 5.74) is 0.384. The fourth-order valence-electron chi connectivity index (χ4n) is 5.95. The maximum absolute atomic E-state index is 12.8. The molecule has 0 radical (unpaired) electrons. The molecule has 1 aromatic rings. The van der Waals surface area contributed by atoms with Crippen LogP contribution in [0.4, 0.5) is 0 Å². The second-order valence-electron chi connectivity index (χ2n) is 8.88. The second-order valence-corrected chi connectivity index (χ2v) is 8.88. The van der Waals surface area contributed by atoms with E-state index in [0.29, 0.717) is 42.2 Å². The molecule has 1 saturated carbocycles. The molecule has 146 valence electrons. The monoisotopic (exact) mass is 372 g/mol. The van der Waals surface area contributed by atoms with Crippen LogP contribution in [0.25, 0.3) is 0 Å². The molecule has 1 N–H and O–H groups in total. The zero-order chi connectivity index (χ0) is 18.4. The van der Waals surface area contributed by atoms with Gasteiger partial charge in [-0.25, -0.2) is 0 Å². The summed E-state index contributed by atoms with van der Waals surface area (Å²) in [4.78, 5) is 27.1. The van der Waals surface area contributed by atoms with Gasteiger partial charge in [-0.3, -0.25) is 9.59 Å². The lowest BCUT2D eigenvalue weighted by molar-refractivity contribution is -0.132. The SMILES string of the molecule is O=C(NC[C@H]1[C@H]2CN(C(=O)CC3CCCC3)C[C@]23CC[C@H]1O3)c1ccoc1. The predicted octanol–water partition coefficient (Wildman–Crippen LogP) is 2.60. The van der Waals surface area contributed by atoms with Crippen molar-refractivity contribution < 1.29 is 18.7 Å². The highest BCUT2D eigenvalue weighted by Crippen LogP contribution is 2.54. The summed E-state index contributed by atoms with van der Waals surface area (Å²) >= 11 is 0. The molecule has 1 aromatic heterocycles. The van der Waals surface area contributed by atoms with Gasteiger partial charge in [0.1, 0.15) is 6.26 Å². The molecule has 4 atom stereocenters. The van der Waals surface area contributed by atoms with Crippen LogP contribution in [0.1, 0.15) is 55.3 Å². The number of carbonyl (C=O) groups excluding carboxylic acids is 2. The number of rotatable bonds is 5. The van der Waals surface area contributed by atoms with E-state index in [4.69, 9.17) is 9.15 Å². The van der Waals surface area contributed by atoms with Crippen LogP contribution in [-0.2, 0) is 9.53 Å². The Morgan fingerprint density at radius 2 is 2.11 bits per heavy atom. The number of likely N-dealkylation sites (tertiary alicyclic amines) is 1. The molecule has 3 saturated heterocycles. The van der Waals surface area contributed by atoms with E-state index in [9.17, 15) is 9.59 Å². The molecule has 1 aliphatic carbocycles. The summed E-state index contributed by atoms with van der Waals surface area (Å²) in [6, 6.07) is 1.67. The molecule has 6 nitrogen and oxygen atoms in total. The van der Waals surface area contributed by atoms with Crippen molar-refractivity contribution in [1.29, 1.82) is 0 Å². The number of ether oxygens (including phenoxy) is 1. The van der Waals surface area contributed by atoms with Crippen LogP contribution in [0.2, 0.25) is 0 Å². The van der Waals surface area contributed by atoms with Gasteiger partial charge in [-0.15, -0.1) is 0 Å². The van der Waals surface area contributed by atoms with Crippen molar-refractivity contribution >= 4 is 11.8 Å². The number of carbonyl (C=O) groups is 2. The highest BCUT2D eigenvalue weighted by atomic mass is 16.5. The largest absolute Gasteiger partial charge is 0.472 e. The quantitative estimate of drug-likeness (QED) is 0.862. The normalized spacial score (nSPS) is 35.0. The van der Waals surface area contributed by atoms with E-state index >= 15 is 0 Å². The lowest BCUT2D eigenvalue weighted by Crippen LogP contribution is -2.41. The van der Waals surface area contributed by atoms with Crippen molar-refractivity contribution in [2.24, 2.45) is 17.8 Å². The Morgan fingerprint density at radius 3 is 2.89 bits per heavy atom. The van der Waals surface area contributed by atoms with Crippen molar-refractivity contribution in [3.8, 4) is 0 Å². The van der Waals surface area contributed by atoms with Gasteiger partial charge in [0.05, 0.1) is 30.1 Å². The van der Waals surface area contributed by atoms with E-state index < -0.39 is 0 Å². The molecule has 1 spiro atoms. The molecule has 5 rings (SSSR count). The summed E-state index contributed by atoms with van der Waals surface area (Å²) in [5.74, 6) is 1.41. The zero-order valence-corrected chi connectivity index (χ0v) is 15.7. The minimum absolute atomic E-state index is 0.104. The van der Waals surface area contributed by atoms with Gasteiger partial charge in [0.15, 0.2) is 0 Å². The average Bonchev–Trinajstić information content (AvgIpc) is 3.46. The van der Waals surface area contributed by atoms with Gasteiger partial charge < -0.3 is 19.4 Å². The molecule has 0 aromatic carbocycles. The molecule has 2 amide bonds. The predicted molar refractivity (Wildman–Crippen MR) is 98.0 cm³/mol. The van der Waals surface area contributed by atoms with E-state index in [2.05, 4.69) is 10.2 Å². The van der Waals surface area contributed by atoms with Crippen LogP contribution in [0.3, 0.4) is 0 Å². The first kappa shape index (κ1) is 17.3. The maximum Gasteiger partial charge on any atom is 0.254 e. The number of hydrogen-bond acceptors (Lipinski definition) is 4. The van der Waals surface area contributed by atoms with Crippen LogP contribution in [0.15, 0.2) is 23.0 Å². The van der Waals surface area contributed by atoms with E-state index in [1.807, 2.05) is 0 Å². The first-order valence-corrected chi connectivity index (χ1v) is 10.4. The fraction of sp³-hybridized carbons (Fsp3) is 0.714. The van der Waals surface area contributed by atoms with E-state index in [1.165, 1.54) is 38.2 Å². The lowest BCUT2D eigenvalue weighted by Gasteiger charge is -2.29. The average molecular weight is 372 g/mol. The fourth-order valence-corrected chi connectivity index (χ4v) is 5.95. The Kier molecular flexibility index (Phi) is 4.26. The van der Waals surface area contributed by atoms with Crippen molar-refractivity contribution in [1.82, 2.24) is 10.2 Å². The number of furan rings is 1. The zero-order valence-electron chi connectivity index (χ0n) is 15.7. The number of amides is 2. The van der Waals surface area contributed by atoms with Gasteiger partial charge in [-0.1, -0.05) is 12.8 Å². The Labute approximate surface area is 159 Å². The van der Waals surface area contributed by atoms with Crippen LogP contribution >= 0.6 is 0 Å². The third-order valence-corrected chi connectivity index (χ3v) is 7.36. The summed E-state index contributed by atoms with van der Waals surface area (Å²) in [6.45, 7) is 2.13. The lowest BCUT2D eigenvalue weighted by atomic mass is 9.73.